The fraction of sp³-hybridized carbons (Fsp3) is 0.211. The number of aromatic amines is 1. The van der Waals surface area contributed by atoms with Crippen molar-refractivity contribution in [3.63, 3.8) is 0 Å². The van der Waals surface area contributed by atoms with Gasteiger partial charge in [-0.1, -0.05) is 11.6 Å². The van der Waals surface area contributed by atoms with Gasteiger partial charge in [0.2, 0.25) is 0 Å². The highest BCUT2D eigenvalue weighted by Crippen LogP contribution is 2.31. The van der Waals surface area contributed by atoms with E-state index in [0.717, 1.165) is 10.9 Å². The molecule has 8 heteroatoms. The lowest BCUT2D eigenvalue weighted by atomic mass is 10.2. The summed E-state index contributed by atoms with van der Waals surface area (Å²) in [5.74, 6) is -2.64. The van der Waals surface area contributed by atoms with Crippen molar-refractivity contribution >= 4 is 45.6 Å². The number of benzene rings is 2. The molecule has 1 aliphatic rings. The Morgan fingerprint density at radius 3 is 2.63 bits per heavy atom. The van der Waals surface area contributed by atoms with E-state index < -0.39 is 12.0 Å². The van der Waals surface area contributed by atoms with Crippen molar-refractivity contribution in [2.24, 2.45) is 0 Å². The summed E-state index contributed by atoms with van der Waals surface area (Å²) < 4.78 is 26.7. The van der Waals surface area contributed by atoms with Gasteiger partial charge in [-0.05, 0) is 42.5 Å². The van der Waals surface area contributed by atoms with Gasteiger partial charge in [-0.15, -0.1) is 0 Å². The SMILES string of the molecule is O=C(Nc1ccc(N2CCC(F)(F)C2)cc1)Nc1c[nH]c2ccc(Cl)cc12. The third-order valence-corrected chi connectivity index (χ3v) is 4.79. The molecule has 1 aromatic heterocycles. The van der Waals surface area contributed by atoms with Crippen LogP contribution in [0.25, 0.3) is 10.9 Å². The summed E-state index contributed by atoms with van der Waals surface area (Å²) >= 11 is 6.01. The fourth-order valence-corrected chi connectivity index (χ4v) is 3.36. The van der Waals surface area contributed by atoms with Crippen LogP contribution in [0, 0.1) is 0 Å². The molecule has 0 saturated carbocycles. The van der Waals surface area contributed by atoms with Gasteiger partial charge in [0.1, 0.15) is 0 Å². The van der Waals surface area contributed by atoms with E-state index in [2.05, 4.69) is 15.6 Å². The van der Waals surface area contributed by atoms with Crippen LogP contribution in [-0.4, -0.2) is 30.0 Å². The predicted molar refractivity (Wildman–Crippen MR) is 104 cm³/mol. The summed E-state index contributed by atoms with van der Waals surface area (Å²) in [5, 5.41) is 6.89. The van der Waals surface area contributed by atoms with Crippen LogP contribution >= 0.6 is 11.6 Å². The zero-order valence-electron chi connectivity index (χ0n) is 14.2. The van der Waals surface area contributed by atoms with Gasteiger partial charge in [0, 0.05) is 46.5 Å². The van der Waals surface area contributed by atoms with E-state index in [4.69, 9.17) is 11.6 Å². The van der Waals surface area contributed by atoms with Gasteiger partial charge in [0.05, 0.1) is 12.2 Å². The molecule has 4 rings (SSSR count). The van der Waals surface area contributed by atoms with E-state index in [1.54, 1.807) is 47.5 Å². The molecule has 27 heavy (non-hydrogen) atoms. The average Bonchev–Trinajstić information content (AvgIpc) is 3.18. The van der Waals surface area contributed by atoms with Crippen molar-refractivity contribution in [2.45, 2.75) is 12.3 Å². The van der Waals surface area contributed by atoms with Crippen LogP contribution in [0.1, 0.15) is 6.42 Å². The smallest absolute Gasteiger partial charge is 0.323 e. The van der Waals surface area contributed by atoms with E-state index in [1.807, 2.05) is 6.07 Å². The number of H-pyrrole nitrogens is 1. The number of hydrogen-bond acceptors (Lipinski definition) is 2. The summed E-state index contributed by atoms with van der Waals surface area (Å²) in [5.41, 5.74) is 2.76. The van der Waals surface area contributed by atoms with Crippen molar-refractivity contribution in [1.29, 1.82) is 0 Å². The number of aromatic nitrogens is 1. The van der Waals surface area contributed by atoms with Crippen LogP contribution < -0.4 is 15.5 Å². The van der Waals surface area contributed by atoms with Crippen LogP contribution in [-0.2, 0) is 0 Å². The largest absolute Gasteiger partial charge is 0.365 e. The number of amides is 2. The molecule has 1 fully saturated rings. The lowest BCUT2D eigenvalue weighted by Crippen LogP contribution is -2.24. The van der Waals surface area contributed by atoms with Gasteiger partial charge in [-0.2, -0.15) is 0 Å². The zero-order chi connectivity index (χ0) is 19.0. The molecule has 0 bridgehead atoms. The Labute approximate surface area is 159 Å². The molecule has 2 amide bonds. The molecule has 140 valence electrons. The van der Waals surface area contributed by atoms with E-state index in [9.17, 15) is 13.6 Å². The maximum absolute atomic E-state index is 13.3. The molecule has 1 saturated heterocycles. The monoisotopic (exact) mass is 390 g/mol. The molecule has 2 aromatic carbocycles. The molecule has 3 N–H and O–H groups in total. The number of halogens is 3. The zero-order valence-corrected chi connectivity index (χ0v) is 15.0. The second-order valence-electron chi connectivity index (χ2n) is 6.55. The van der Waals surface area contributed by atoms with Crippen molar-refractivity contribution in [3.05, 3.63) is 53.7 Å². The second kappa shape index (κ2) is 6.74. The molecule has 0 unspecified atom stereocenters. The normalized spacial score (nSPS) is 15.9. The Morgan fingerprint density at radius 2 is 1.93 bits per heavy atom. The van der Waals surface area contributed by atoms with Crippen LogP contribution in [0.3, 0.4) is 0 Å². The molecule has 0 aliphatic carbocycles. The first-order chi connectivity index (χ1) is 12.9. The number of fused-ring (bicyclic) bond motifs is 1. The Bertz CT molecular complexity index is 987. The maximum atomic E-state index is 13.3. The van der Waals surface area contributed by atoms with Crippen LogP contribution in [0.15, 0.2) is 48.7 Å². The summed E-state index contributed by atoms with van der Waals surface area (Å²) in [6, 6.07) is 11.8. The van der Waals surface area contributed by atoms with Crippen molar-refractivity contribution in [2.75, 3.05) is 28.6 Å². The molecule has 0 atom stereocenters. The first-order valence-corrected chi connectivity index (χ1v) is 8.85. The van der Waals surface area contributed by atoms with E-state index >= 15 is 0 Å². The first-order valence-electron chi connectivity index (χ1n) is 8.47. The van der Waals surface area contributed by atoms with Gasteiger partial charge in [-0.3, -0.25) is 0 Å². The van der Waals surface area contributed by atoms with E-state index in [-0.39, 0.29) is 13.0 Å². The summed E-state index contributed by atoms with van der Waals surface area (Å²) in [6.45, 7) is 0.0484. The molecule has 1 aliphatic heterocycles. The second-order valence-corrected chi connectivity index (χ2v) is 6.98. The Hall–Kier alpha value is -2.80. The molecule has 3 aromatic rings. The van der Waals surface area contributed by atoms with E-state index in [1.165, 1.54) is 0 Å². The predicted octanol–water partition coefficient (Wildman–Crippen LogP) is 5.31. The maximum Gasteiger partial charge on any atom is 0.323 e. The summed E-state index contributed by atoms with van der Waals surface area (Å²) in [4.78, 5) is 17.0. The molecular weight excluding hydrogens is 374 g/mol. The summed E-state index contributed by atoms with van der Waals surface area (Å²) in [6.07, 6.45) is 1.56. The number of urea groups is 1. The van der Waals surface area contributed by atoms with Crippen LogP contribution in [0.4, 0.5) is 30.6 Å². The van der Waals surface area contributed by atoms with Crippen molar-refractivity contribution in [1.82, 2.24) is 4.98 Å². The number of carbonyl (C=O) groups is 1. The van der Waals surface area contributed by atoms with Crippen LogP contribution in [0.2, 0.25) is 5.02 Å². The minimum absolute atomic E-state index is 0.135. The number of nitrogens with one attached hydrogen (secondary N) is 3. The van der Waals surface area contributed by atoms with Gasteiger partial charge in [-0.25, -0.2) is 13.6 Å². The van der Waals surface area contributed by atoms with Gasteiger partial charge in [0.15, 0.2) is 0 Å². The number of carbonyl (C=O) groups excluding carboxylic acids is 1. The highest BCUT2D eigenvalue weighted by atomic mass is 35.5. The average molecular weight is 391 g/mol. The van der Waals surface area contributed by atoms with Crippen molar-refractivity contribution in [3.8, 4) is 0 Å². The third kappa shape index (κ3) is 3.83. The molecule has 0 spiro atoms. The van der Waals surface area contributed by atoms with Crippen molar-refractivity contribution < 1.29 is 13.6 Å². The van der Waals surface area contributed by atoms with Gasteiger partial charge >= 0.3 is 6.03 Å². The van der Waals surface area contributed by atoms with Gasteiger partial charge < -0.3 is 20.5 Å². The number of hydrogen-bond donors (Lipinski definition) is 3. The number of nitrogens with zero attached hydrogens (tertiary/aromatic N) is 1. The third-order valence-electron chi connectivity index (χ3n) is 4.55. The standard InChI is InChI=1S/C19H17ClF2N4O/c20-12-1-6-16-15(9-12)17(10-23-16)25-18(27)24-13-2-4-14(5-3-13)26-8-7-19(21,22)11-26/h1-6,9-10,23H,7-8,11H2,(H2,24,25,27). The molecule has 5 nitrogen and oxygen atoms in total. The number of alkyl halides is 2. The lowest BCUT2D eigenvalue weighted by Gasteiger charge is -2.18. The fourth-order valence-electron chi connectivity index (χ4n) is 3.19. The minimum Gasteiger partial charge on any atom is -0.365 e. The molecule has 0 radical (unpaired) electrons. The number of rotatable bonds is 3. The molecular formula is C19H17ClF2N4O. The van der Waals surface area contributed by atoms with E-state index in [0.29, 0.717) is 28.6 Å². The minimum atomic E-state index is -2.64. The Kier molecular flexibility index (Phi) is 4.39. The quantitative estimate of drug-likeness (QED) is 0.567. The highest BCUT2D eigenvalue weighted by molar-refractivity contribution is 6.31. The highest BCUT2D eigenvalue weighted by Gasteiger charge is 2.38. The first kappa shape index (κ1) is 17.6. The Balaban J connectivity index is 1.41. The topological polar surface area (TPSA) is 60.2 Å². The molecule has 2 heterocycles. The van der Waals surface area contributed by atoms with Crippen LogP contribution in [0.5, 0.6) is 0 Å². The number of anilines is 3. The Morgan fingerprint density at radius 1 is 1.15 bits per heavy atom. The summed E-state index contributed by atoms with van der Waals surface area (Å²) in [7, 11) is 0. The lowest BCUT2D eigenvalue weighted by molar-refractivity contribution is 0.0257. The van der Waals surface area contributed by atoms with Gasteiger partial charge in [0.25, 0.3) is 5.92 Å².